The highest BCUT2D eigenvalue weighted by Gasteiger charge is 2.16. The van der Waals surface area contributed by atoms with E-state index in [-0.39, 0.29) is 11.6 Å². The Morgan fingerprint density at radius 3 is 2.35 bits per heavy atom. The maximum absolute atomic E-state index is 13.5. The molecule has 1 aromatic carbocycles. The number of nitrogens with two attached hydrogens (primary N) is 1. The van der Waals surface area contributed by atoms with Crippen molar-refractivity contribution in [2.24, 2.45) is 5.84 Å². The van der Waals surface area contributed by atoms with E-state index in [1.165, 1.54) is 0 Å². The number of carbonyl (C=O) groups excluding carboxylic acids is 1. The number of rotatable bonds is 6. The van der Waals surface area contributed by atoms with Crippen LogP contribution in [0.15, 0.2) is 12.1 Å². The molecule has 0 spiro atoms. The number of nitrogen functional groups attached to an aromatic ring is 1. The molecule has 0 aromatic heterocycles. The second-order valence-electron chi connectivity index (χ2n) is 4.93. The van der Waals surface area contributed by atoms with Crippen molar-refractivity contribution in [1.29, 1.82) is 0 Å². The van der Waals surface area contributed by atoms with Crippen LogP contribution in [0.25, 0.3) is 0 Å². The maximum Gasteiger partial charge on any atom is 0.251 e. The van der Waals surface area contributed by atoms with Gasteiger partial charge in [0.15, 0.2) is 11.6 Å². The molecule has 0 heterocycles. The van der Waals surface area contributed by atoms with Gasteiger partial charge in [0.1, 0.15) is 5.69 Å². The minimum Gasteiger partial charge on any atom is -0.350 e. The largest absolute Gasteiger partial charge is 0.350 e. The monoisotopic (exact) mass is 286 g/mol. The summed E-state index contributed by atoms with van der Waals surface area (Å²) < 4.78 is 27.0. The number of amides is 1. The maximum atomic E-state index is 13.5. The number of nitrogens with one attached hydrogen (secondary N) is 2. The Hall–Kier alpha value is -1.73. The molecule has 0 fully saturated rings. The number of hydrogen-bond donors (Lipinski definition) is 3. The third-order valence-corrected chi connectivity index (χ3v) is 2.84. The molecule has 0 aliphatic rings. The molecule has 1 atom stereocenters. The normalized spacial score (nSPS) is 12.3. The van der Waals surface area contributed by atoms with E-state index >= 15 is 0 Å². The van der Waals surface area contributed by atoms with Gasteiger partial charge in [-0.2, -0.15) is 0 Å². The molecule has 1 aromatic rings. The average molecular weight is 286 g/mol. The zero-order valence-corrected chi connectivity index (χ0v) is 11.8. The summed E-state index contributed by atoms with van der Waals surface area (Å²) in [7, 11) is 3.86. The van der Waals surface area contributed by atoms with Crippen LogP contribution in [0.1, 0.15) is 23.7 Å². The minimum absolute atomic E-state index is 0.0734. The third-order valence-electron chi connectivity index (χ3n) is 2.84. The first-order valence-electron chi connectivity index (χ1n) is 6.26. The Morgan fingerprint density at radius 1 is 1.35 bits per heavy atom. The van der Waals surface area contributed by atoms with Crippen molar-refractivity contribution in [1.82, 2.24) is 10.2 Å². The molecule has 4 N–H and O–H groups in total. The highest BCUT2D eigenvalue weighted by Crippen LogP contribution is 2.19. The van der Waals surface area contributed by atoms with Crippen molar-refractivity contribution in [2.75, 3.05) is 26.1 Å². The molecule has 0 aliphatic heterocycles. The standard InChI is InChI=1S/C13H20F2N4O/c1-8(4-5-19(2)3)17-13(20)9-6-10(14)12(18-16)11(15)7-9/h6-8,18H,4-5,16H2,1-3H3,(H,17,20). The van der Waals surface area contributed by atoms with E-state index in [2.05, 4.69) is 5.32 Å². The molecule has 0 radical (unpaired) electrons. The van der Waals surface area contributed by atoms with E-state index in [1.54, 1.807) is 0 Å². The Labute approximate surface area is 117 Å². The lowest BCUT2D eigenvalue weighted by Gasteiger charge is -2.17. The van der Waals surface area contributed by atoms with Crippen LogP contribution in [0.2, 0.25) is 0 Å². The molecule has 112 valence electrons. The summed E-state index contributed by atoms with van der Waals surface area (Å²) in [5.74, 6) is 2.67. The van der Waals surface area contributed by atoms with Crippen molar-refractivity contribution in [2.45, 2.75) is 19.4 Å². The smallest absolute Gasteiger partial charge is 0.251 e. The van der Waals surface area contributed by atoms with E-state index < -0.39 is 23.2 Å². The molecule has 0 saturated heterocycles. The Balaban J connectivity index is 2.73. The van der Waals surface area contributed by atoms with Crippen LogP contribution in [0.5, 0.6) is 0 Å². The first-order chi connectivity index (χ1) is 9.35. The first-order valence-corrected chi connectivity index (χ1v) is 6.26. The van der Waals surface area contributed by atoms with Crippen molar-refractivity contribution in [3.8, 4) is 0 Å². The van der Waals surface area contributed by atoms with E-state index in [1.807, 2.05) is 31.3 Å². The van der Waals surface area contributed by atoms with E-state index in [9.17, 15) is 13.6 Å². The third kappa shape index (κ3) is 4.43. The summed E-state index contributed by atoms with van der Waals surface area (Å²) in [5.41, 5.74) is 1.39. The Morgan fingerprint density at radius 2 is 1.90 bits per heavy atom. The number of anilines is 1. The zero-order chi connectivity index (χ0) is 15.3. The predicted molar refractivity (Wildman–Crippen MR) is 74.3 cm³/mol. The van der Waals surface area contributed by atoms with Gasteiger partial charge in [0, 0.05) is 11.6 Å². The van der Waals surface area contributed by atoms with Gasteiger partial charge in [0.2, 0.25) is 0 Å². The fourth-order valence-electron chi connectivity index (χ4n) is 1.67. The van der Waals surface area contributed by atoms with Crippen molar-refractivity contribution < 1.29 is 13.6 Å². The number of benzene rings is 1. The summed E-state index contributed by atoms with van der Waals surface area (Å²) in [5, 5.41) is 2.69. The van der Waals surface area contributed by atoms with Gasteiger partial charge in [-0.3, -0.25) is 10.6 Å². The number of halogens is 2. The number of carbonyl (C=O) groups is 1. The SMILES string of the molecule is CC(CCN(C)C)NC(=O)c1cc(F)c(NN)c(F)c1. The number of hydrogen-bond acceptors (Lipinski definition) is 4. The van der Waals surface area contributed by atoms with Crippen LogP contribution in [-0.2, 0) is 0 Å². The van der Waals surface area contributed by atoms with Gasteiger partial charge < -0.3 is 15.6 Å². The lowest BCUT2D eigenvalue weighted by Crippen LogP contribution is -2.35. The molecule has 20 heavy (non-hydrogen) atoms. The van der Waals surface area contributed by atoms with E-state index in [4.69, 9.17) is 5.84 Å². The van der Waals surface area contributed by atoms with Gasteiger partial charge in [-0.05, 0) is 46.1 Å². The van der Waals surface area contributed by atoms with Crippen molar-refractivity contribution >= 4 is 11.6 Å². The fourth-order valence-corrected chi connectivity index (χ4v) is 1.67. The summed E-state index contributed by atoms with van der Waals surface area (Å²) >= 11 is 0. The quantitative estimate of drug-likeness (QED) is 0.545. The fraction of sp³-hybridized carbons (Fsp3) is 0.462. The summed E-state index contributed by atoms with van der Waals surface area (Å²) in [6, 6.07) is 1.81. The van der Waals surface area contributed by atoms with E-state index in [0.717, 1.165) is 25.1 Å². The summed E-state index contributed by atoms with van der Waals surface area (Å²) in [4.78, 5) is 13.9. The Bertz CT molecular complexity index is 456. The number of hydrazine groups is 1. The molecule has 1 rings (SSSR count). The number of nitrogens with zero attached hydrogens (tertiary/aromatic N) is 1. The van der Waals surface area contributed by atoms with Crippen LogP contribution in [-0.4, -0.2) is 37.5 Å². The zero-order valence-electron chi connectivity index (χ0n) is 11.8. The molecule has 0 saturated carbocycles. The lowest BCUT2D eigenvalue weighted by atomic mass is 10.1. The van der Waals surface area contributed by atoms with Gasteiger partial charge in [-0.15, -0.1) is 0 Å². The van der Waals surface area contributed by atoms with Crippen LogP contribution >= 0.6 is 0 Å². The van der Waals surface area contributed by atoms with Gasteiger partial charge >= 0.3 is 0 Å². The van der Waals surface area contributed by atoms with E-state index in [0.29, 0.717) is 0 Å². The first kappa shape index (κ1) is 16.3. The van der Waals surface area contributed by atoms with Crippen LogP contribution in [0, 0.1) is 11.6 Å². The molecular formula is C13H20F2N4O. The molecule has 0 bridgehead atoms. The van der Waals surface area contributed by atoms with Gasteiger partial charge in [0.25, 0.3) is 5.91 Å². The highest BCUT2D eigenvalue weighted by atomic mass is 19.1. The minimum atomic E-state index is -0.904. The average Bonchev–Trinajstić information content (AvgIpc) is 2.35. The molecule has 1 amide bonds. The van der Waals surface area contributed by atoms with Crippen LogP contribution < -0.4 is 16.6 Å². The molecular weight excluding hydrogens is 266 g/mol. The van der Waals surface area contributed by atoms with Crippen molar-refractivity contribution in [3.05, 3.63) is 29.3 Å². The highest BCUT2D eigenvalue weighted by molar-refractivity contribution is 5.94. The molecule has 0 aliphatic carbocycles. The molecule has 5 nitrogen and oxygen atoms in total. The van der Waals surface area contributed by atoms with Gasteiger partial charge in [-0.25, -0.2) is 8.78 Å². The summed E-state index contributed by atoms with van der Waals surface area (Å²) in [6.45, 7) is 2.64. The molecule has 1 unspecified atom stereocenters. The van der Waals surface area contributed by atoms with Gasteiger partial charge in [0.05, 0.1) is 0 Å². The second-order valence-corrected chi connectivity index (χ2v) is 4.93. The predicted octanol–water partition coefficient (Wildman–Crippen LogP) is 1.32. The Kier molecular flexibility index (Phi) is 5.84. The topological polar surface area (TPSA) is 70.4 Å². The van der Waals surface area contributed by atoms with Crippen LogP contribution in [0.4, 0.5) is 14.5 Å². The second kappa shape index (κ2) is 7.16. The van der Waals surface area contributed by atoms with Crippen molar-refractivity contribution in [3.63, 3.8) is 0 Å². The molecule has 7 heteroatoms. The van der Waals surface area contributed by atoms with Crippen LogP contribution in [0.3, 0.4) is 0 Å². The lowest BCUT2D eigenvalue weighted by molar-refractivity contribution is 0.0936. The van der Waals surface area contributed by atoms with Gasteiger partial charge in [-0.1, -0.05) is 0 Å². The summed E-state index contributed by atoms with van der Waals surface area (Å²) in [6.07, 6.45) is 0.742.